The summed E-state index contributed by atoms with van der Waals surface area (Å²) >= 11 is 0. The van der Waals surface area contributed by atoms with Gasteiger partial charge in [0.2, 0.25) is 0 Å². The zero-order chi connectivity index (χ0) is 19.2. The van der Waals surface area contributed by atoms with Crippen LogP contribution in [0.3, 0.4) is 0 Å². The Bertz CT molecular complexity index is 663. The summed E-state index contributed by atoms with van der Waals surface area (Å²) in [5.41, 5.74) is 3.00. The molecule has 0 bridgehead atoms. The summed E-state index contributed by atoms with van der Waals surface area (Å²) in [5, 5.41) is 3.86. The summed E-state index contributed by atoms with van der Waals surface area (Å²) in [6.07, 6.45) is 13.3. The average molecular weight is 370 g/mol. The van der Waals surface area contributed by atoms with Gasteiger partial charge in [-0.15, -0.1) is 0 Å². The first-order valence-corrected chi connectivity index (χ1v) is 9.89. The highest BCUT2D eigenvalue weighted by molar-refractivity contribution is 5.94. The third-order valence-corrected chi connectivity index (χ3v) is 4.28. The minimum atomic E-state index is -0.271. The van der Waals surface area contributed by atoms with Crippen molar-refractivity contribution in [2.24, 2.45) is 5.10 Å². The highest BCUT2D eigenvalue weighted by Crippen LogP contribution is 2.14. The van der Waals surface area contributed by atoms with Gasteiger partial charge in [-0.2, -0.15) is 5.10 Å². The highest BCUT2D eigenvalue weighted by Gasteiger charge is 2.04. The molecule has 1 amide bonds. The van der Waals surface area contributed by atoms with E-state index in [1.54, 1.807) is 30.5 Å². The maximum atomic E-state index is 12.0. The maximum absolute atomic E-state index is 12.0. The number of nitrogens with one attached hydrogen (secondary N) is 1. The van der Waals surface area contributed by atoms with E-state index in [4.69, 9.17) is 9.15 Å². The number of hydrazone groups is 1. The van der Waals surface area contributed by atoms with Gasteiger partial charge in [0.25, 0.3) is 5.91 Å². The normalized spacial score (nSPS) is 11.0. The lowest BCUT2D eigenvalue weighted by molar-refractivity contribution is 0.0955. The van der Waals surface area contributed by atoms with Gasteiger partial charge >= 0.3 is 0 Å². The van der Waals surface area contributed by atoms with Crippen LogP contribution in [0.15, 0.2) is 52.2 Å². The van der Waals surface area contributed by atoms with Gasteiger partial charge in [-0.3, -0.25) is 4.79 Å². The smallest absolute Gasteiger partial charge is 0.271 e. The van der Waals surface area contributed by atoms with Gasteiger partial charge in [-0.1, -0.05) is 51.9 Å². The Balaban J connectivity index is 1.59. The zero-order valence-corrected chi connectivity index (χ0v) is 16.2. The fourth-order valence-corrected chi connectivity index (χ4v) is 2.71. The Morgan fingerprint density at radius 2 is 1.74 bits per heavy atom. The standard InChI is InChI=1S/C22H30N2O3/c1-2-3-4-5-6-7-8-9-16-26-20-14-12-19(13-15-20)22(25)24-23-18-21-11-10-17-27-21/h10-15,17-18H,2-9,16H2,1H3,(H,24,25)/b23-18+. The van der Waals surface area contributed by atoms with Crippen LogP contribution in [-0.4, -0.2) is 18.7 Å². The topological polar surface area (TPSA) is 63.8 Å². The lowest BCUT2D eigenvalue weighted by Crippen LogP contribution is -2.17. The molecule has 1 N–H and O–H groups in total. The fourth-order valence-electron chi connectivity index (χ4n) is 2.71. The van der Waals surface area contributed by atoms with Crippen LogP contribution in [0.2, 0.25) is 0 Å². The number of hydrogen-bond acceptors (Lipinski definition) is 4. The first kappa shape index (κ1) is 20.7. The molecule has 1 heterocycles. The molecule has 1 aromatic heterocycles. The number of ether oxygens (including phenoxy) is 1. The molecule has 5 heteroatoms. The molecule has 0 aliphatic heterocycles. The third kappa shape index (κ3) is 8.58. The number of carbonyl (C=O) groups is 1. The number of amides is 1. The van der Waals surface area contributed by atoms with Crippen LogP contribution < -0.4 is 10.2 Å². The van der Waals surface area contributed by atoms with Gasteiger partial charge < -0.3 is 9.15 Å². The molecule has 1 aromatic carbocycles. The van der Waals surface area contributed by atoms with Crippen molar-refractivity contribution in [2.75, 3.05) is 6.61 Å². The van der Waals surface area contributed by atoms with Gasteiger partial charge in [0.15, 0.2) is 0 Å². The van der Waals surface area contributed by atoms with Crippen molar-refractivity contribution in [1.82, 2.24) is 5.43 Å². The molecule has 0 atom stereocenters. The number of nitrogens with zero attached hydrogens (tertiary/aromatic N) is 1. The van der Waals surface area contributed by atoms with Gasteiger partial charge in [0, 0.05) is 5.56 Å². The Morgan fingerprint density at radius 1 is 1.04 bits per heavy atom. The summed E-state index contributed by atoms with van der Waals surface area (Å²) < 4.78 is 10.8. The molecule has 2 rings (SSSR count). The van der Waals surface area contributed by atoms with Gasteiger partial charge in [-0.05, 0) is 42.8 Å². The lowest BCUT2D eigenvalue weighted by atomic mass is 10.1. The van der Waals surface area contributed by atoms with Crippen molar-refractivity contribution in [3.05, 3.63) is 54.0 Å². The van der Waals surface area contributed by atoms with Crippen LogP contribution in [0.4, 0.5) is 0 Å². The molecule has 0 radical (unpaired) electrons. The molecule has 0 saturated carbocycles. The minimum absolute atomic E-state index is 0.271. The maximum Gasteiger partial charge on any atom is 0.271 e. The van der Waals surface area contributed by atoms with Gasteiger partial charge in [0.05, 0.1) is 19.1 Å². The summed E-state index contributed by atoms with van der Waals surface area (Å²) in [5.74, 6) is 1.10. The monoisotopic (exact) mass is 370 g/mol. The van der Waals surface area contributed by atoms with E-state index in [0.29, 0.717) is 17.9 Å². The summed E-state index contributed by atoms with van der Waals surface area (Å²) in [6.45, 7) is 2.96. The molecular formula is C22H30N2O3. The van der Waals surface area contributed by atoms with E-state index in [2.05, 4.69) is 17.5 Å². The van der Waals surface area contributed by atoms with Crippen LogP contribution >= 0.6 is 0 Å². The summed E-state index contributed by atoms with van der Waals surface area (Å²) in [4.78, 5) is 12.0. The second-order valence-corrected chi connectivity index (χ2v) is 6.56. The van der Waals surface area contributed by atoms with Crippen molar-refractivity contribution in [2.45, 2.75) is 58.3 Å². The Hall–Kier alpha value is -2.56. The number of carbonyl (C=O) groups excluding carboxylic acids is 1. The average Bonchev–Trinajstić information content (AvgIpc) is 3.20. The van der Waals surface area contributed by atoms with Crippen molar-refractivity contribution < 1.29 is 13.9 Å². The number of unbranched alkanes of at least 4 members (excludes halogenated alkanes) is 7. The minimum Gasteiger partial charge on any atom is -0.494 e. The molecule has 5 nitrogen and oxygen atoms in total. The molecule has 0 fully saturated rings. The number of hydrogen-bond donors (Lipinski definition) is 1. The molecule has 0 aliphatic carbocycles. The first-order chi connectivity index (χ1) is 13.3. The van der Waals surface area contributed by atoms with Crippen molar-refractivity contribution >= 4 is 12.1 Å². The van der Waals surface area contributed by atoms with Gasteiger partial charge in [-0.25, -0.2) is 5.43 Å². The van der Waals surface area contributed by atoms with Crippen LogP contribution in [0.5, 0.6) is 5.75 Å². The van der Waals surface area contributed by atoms with Crippen LogP contribution in [0, 0.1) is 0 Å². The summed E-state index contributed by atoms with van der Waals surface area (Å²) in [7, 11) is 0. The second-order valence-electron chi connectivity index (χ2n) is 6.56. The van der Waals surface area contributed by atoms with Crippen molar-refractivity contribution in [3.8, 4) is 5.75 Å². The molecule has 0 unspecified atom stereocenters. The highest BCUT2D eigenvalue weighted by atomic mass is 16.5. The second kappa shape index (κ2) is 12.7. The fraction of sp³-hybridized carbons (Fsp3) is 0.455. The molecule has 0 spiro atoms. The van der Waals surface area contributed by atoms with E-state index >= 15 is 0 Å². The molecule has 0 aliphatic rings. The van der Waals surface area contributed by atoms with E-state index in [1.165, 1.54) is 51.2 Å². The zero-order valence-electron chi connectivity index (χ0n) is 16.2. The molecule has 146 valence electrons. The third-order valence-electron chi connectivity index (χ3n) is 4.28. The van der Waals surface area contributed by atoms with E-state index in [9.17, 15) is 4.79 Å². The largest absolute Gasteiger partial charge is 0.494 e. The van der Waals surface area contributed by atoms with E-state index in [1.807, 2.05) is 12.1 Å². The first-order valence-electron chi connectivity index (χ1n) is 9.89. The van der Waals surface area contributed by atoms with E-state index in [-0.39, 0.29) is 5.91 Å². The van der Waals surface area contributed by atoms with Crippen molar-refractivity contribution in [1.29, 1.82) is 0 Å². The Kier molecular flexibility index (Phi) is 9.79. The molecule has 2 aromatic rings. The van der Waals surface area contributed by atoms with E-state index in [0.717, 1.165) is 12.2 Å². The number of furan rings is 1. The van der Waals surface area contributed by atoms with Gasteiger partial charge in [0.1, 0.15) is 11.5 Å². The summed E-state index contributed by atoms with van der Waals surface area (Å²) in [6, 6.07) is 10.6. The molecular weight excluding hydrogens is 340 g/mol. The quantitative estimate of drug-likeness (QED) is 0.285. The number of benzene rings is 1. The van der Waals surface area contributed by atoms with E-state index < -0.39 is 0 Å². The van der Waals surface area contributed by atoms with Crippen molar-refractivity contribution in [3.63, 3.8) is 0 Å². The SMILES string of the molecule is CCCCCCCCCCOc1ccc(C(=O)N/N=C/c2ccco2)cc1. The molecule has 0 saturated heterocycles. The predicted molar refractivity (Wildman–Crippen MR) is 108 cm³/mol. The van der Waals surface area contributed by atoms with Crippen LogP contribution in [0.25, 0.3) is 0 Å². The molecule has 27 heavy (non-hydrogen) atoms. The van der Waals surface area contributed by atoms with Crippen LogP contribution in [-0.2, 0) is 0 Å². The Morgan fingerprint density at radius 3 is 2.41 bits per heavy atom. The van der Waals surface area contributed by atoms with Crippen LogP contribution in [0.1, 0.15) is 74.4 Å². The number of rotatable bonds is 13. The predicted octanol–water partition coefficient (Wildman–Crippen LogP) is 5.56. The Labute approximate surface area is 161 Å². The lowest BCUT2D eigenvalue weighted by Gasteiger charge is -2.07.